The molecule has 2 heteroatoms. The monoisotopic (exact) mass is 219 g/mol. The summed E-state index contributed by atoms with van der Waals surface area (Å²) < 4.78 is 0. The Hall–Kier alpha value is -1.05. The molecule has 1 atom stereocenters. The number of carbonyl (C=O) groups excluding carboxylic acids is 1. The maximum atomic E-state index is 11.7. The van der Waals surface area contributed by atoms with Crippen LogP contribution in [0.1, 0.15) is 32.1 Å². The molecule has 2 rings (SSSR count). The number of hydrogen-bond donors (Lipinski definition) is 0. The Labute approximate surface area is 98.0 Å². The lowest BCUT2D eigenvalue weighted by Crippen LogP contribution is -2.28. The minimum atomic E-state index is 0.327. The van der Waals surface area contributed by atoms with Crippen molar-refractivity contribution in [1.82, 2.24) is 4.90 Å². The summed E-state index contributed by atoms with van der Waals surface area (Å²) in [5.41, 5.74) is 0. The third-order valence-corrected chi connectivity index (χ3v) is 3.40. The normalized spacial score (nSPS) is 24.9. The molecule has 88 valence electrons. The van der Waals surface area contributed by atoms with Gasteiger partial charge in [-0.2, -0.15) is 0 Å². The predicted octanol–water partition coefficient (Wildman–Crippen LogP) is 2.77. The molecule has 2 nitrogen and oxygen atoms in total. The third kappa shape index (κ3) is 3.22. The highest BCUT2D eigenvalue weighted by atomic mass is 16.2. The van der Waals surface area contributed by atoms with Gasteiger partial charge in [0.1, 0.15) is 0 Å². The molecule has 1 amide bonds. The lowest BCUT2D eigenvalue weighted by atomic mass is 9.94. The number of hydrogen-bond acceptors (Lipinski definition) is 1. The zero-order chi connectivity index (χ0) is 11.4. The number of nitrogens with zero attached hydrogens (tertiary/aromatic N) is 1. The van der Waals surface area contributed by atoms with E-state index in [0.29, 0.717) is 17.7 Å². The maximum absolute atomic E-state index is 11.7. The molecule has 1 fully saturated rings. The standard InChI is InChI=1S/C14H21NO/c1-15(14(16)13-9-10-13)11-5-8-12-6-3-2-4-7-12/h2-3,5,8,12-13H,4,6-7,9-11H2,1H3/b8-5+. The molecule has 0 saturated heterocycles. The molecule has 1 saturated carbocycles. The predicted molar refractivity (Wildman–Crippen MR) is 66.0 cm³/mol. The Balaban J connectivity index is 1.71. The van der Waals surface area contributed by atoms with E-state index >= 15 is 0 Å². The number of amides is 1. The van der Waals surface area contributed by atoms with Gasteiger partial charge in [-0.05, 0) is 38.0 Å². The number of likely N-dealkylation sites (N-methyl/N-ethyl adjacent to an activating group) is 1. The molecular formula is C14H21NO. The molecule has 2 aliphatic carbocycles. The van der Waals surface area contributed by atoms with Crippen LogP contribution in [0.5, 0.6) is 0 Å². The molecule has 0 aromatic rings. The van der Waals surface area contributed by atoms with Crippen molar-refractivity contribution in [3.8, 4) is 0 Å². The zero-order valence-corrected chi connectivity index (χ0v) is 10.1. The van der Waals surface area contributed by atoms with Gasteiger partial charge in [-0.25, -0.2) is 0 Å². The topological polar surface area (TPSA) is 20.3 Å². The highest BCUT2D eigenvalue weighted by Crippen LogP contribution is 2.30. The molecule has 0 aliphatic heterocycles. The summed E-state index contributed by atoms with van der Waals surface area (Å²) in [6.45, 7) is 0.773. The van der Waals surface area contributed by atoms with Crippen LogP contribution < -0.4 is 0 Å². The summed E-state index contributed by atoms with van der Waals surface area (Å²) in [7, 11) is 1.91. The molecule has 0 radical (unpaired) electrons. The van der Waals surface area contributed by atoms with Gasteiger partial charge in [0.05, 0.1) is 0 Å². The van der Waals surface area contributed by atoms with Crippen LogP contribution in [-0.4, -0.2) is 24.4 Å². The number of carbonyl (C=O) groups is 1. The van der Waals surface area contributed by atoms with Gasteiger partial charge < -0.3 is 4.90 Å². The smallest absolute Gasteiger partial charge is 0.225 e. The van der Waals surface area contributed by atoms with E-state index in [1.807, 2.05) is 11.9 Å². The molecule has 0 bridgehead atoms. The third-order valence-electron chi connectivity index (χ3n) is 3.40. The SMILES string of the molecule is CN(C/C=C/C1CC=CCC1)C(=O)C1CC1. The van der Waals surface area contributed by atoms with E-state index in [1.54, 1.807) is 0 Å². The largest absolute Gasteiger partial charge is 0.342 e. The molecule has 16 heavy (non-hydrogen) atoms. The average molecular weight is 219 g/mol. The number of allylic oxidation sites excluding steroid dienone is 3. The van der Waals surface area contributed by atoms with Gasteiger partial charge in [-0.15, -0.1) is 0 Å². The van der Waals surface area contributed by atoms with Crippen molar-refractivity contribution in [3.63, 3.8) is 0 Å². The Morgan fingerprint density at radius 3 is 2.81 bits per heavy atom. The first-order valence-electron chi connectivity index (χ1n) is 6.34. The highest BCUT2D eigenvalue weighted by molar-refractivity contribution is 5.80. The van der Waals surface area contributed by atoms with Crippen LogP contribution in [0.4, 0.5) is 0 Å². The minimum Gasteiger partial charge on any atom is -0.342 e. The molecule has 0 aromatic carbocycles. The van der Waals surface area contributed by atoms with Crippen molar-refractivity contribution in [2.24, 2.45) is 11.8 Å². The van der Waals surface area contributed by atoms with Gasteiger partial charge in [-0.3, -0.25) is 4.79 Å². The van der Waals surface area contributed by atoms with E-state index < -0.39 is 0 Å². The fourth-order valence-electron chi connectivity index (χ4n) is 2.14. The summed E-state index contributed by atoms with van der Waals surface area (Å²) in [6, 6.07) is 0. The van der Waals surface area contributed by atoms with E-state index in [4.69, 9.17) is 0 Å². The second-order valence-electron chi connectivity index (χ2n) is 4.97. The molecule has 0 heterocycles. The van der Waals surface area contributed by atoms with Crippen LogP contribution in [0.25, 0.3) is 0 Å². The quantitative estimate of drug-likeness (QED) is 0.666. The van der Waals surface area contributed by atoms with Crippen molar-refractivity contribution < 1.29 is 4.79 Å². The Morgan fingerprint density at radius 1 is 1.38 bits per heavy atom. The fraction of sp³-hybridized carbons (Fsp3) is 0.643. The first-order chi connectivity index (χ1) is 7.77. The van der Waals surface area contributed by atoms with Crippen molar-refractivity contribution in [1.29, 1.82) is 0 Å². The number of rotatable bonds is 4. The van der Waals surface area contributed by atoms with E-state index in [1.165, 1.54) is 12.8 Å². The Bertz CT molecular complexity index is 302. The van der Waals surface area contributed by atoms with E-state index in [0.717, 1.165) is 25.8 Å². The van der Waals surface area contributed by atoms with Gasteiger partial charge in [0.15, 0.2) is 0 Å². The van der Waals surface area contributed by atoms with Gasteiger partial charge in [0.2, 0.25) is 5.91 Å². The van der Waals surface area contributed by atoms with Gasteiger partial charge in [0.25, 0.3) is 0 Å². The van der Waals surface area contributed by atoms with E-state index in [9.17, 15) is 4.79 Å². The van der Waals surface area contributed by atoms with Gasteiger partial charge >= 0.3 is 0 Å². The summed E-state index contributed by atoms with van der Waals surface area (Å²) >= 11 is 0. The first kappa shape index (κ1) is 11.4. The molecular weight excluding hydrogens is 198 g/mol. The van der Waals surface area contributed by atoms with Crippen LogP contribution in [0.15, 0.2) is 24.3 Å². The van der Waals surface area contributed by atoms with Crippen LogP contribution in [0, 0.1) is 11.8 Å². The Kier molecular flexibility index (Phi) is 3.81. The summed E-state index contributed by atoms with van der Waals surface area (Å²) in [5.74, 6) is 1.36. The maximum Gasteiger partial charge on any atom is 0.225 e. The van der Waals surface area contributed by atoms with Crippen molar-refractivity contribution in [3.05, 3.63) is 24.3 Å². The molecule has 2 aliphatic rings. The molecule has 0 N–H and O–H groups in total. The van der Waals surface area contributed by atoms with E-state index in [-0.39, 0.29) is 0 Å². The van der Waals surface area contributed by atoms with Crippen molar-refractivity contribution in [2.75, 3.05) is 13.6 Å². The van der Waals surface area contributed by atoms with Crippen LogP contribution in [-0.2, 0) is 4.79 Å². The molecule has 0 spiro atoms. The second kappa shape index (κ2) is 5.33. The Morgan fingerprint density at radius 2 is 2.19 bits per heavy atom. The summed E-state index contributed by atoms with van der Waals surface area (Å²) in [6.07, 6.45) is 14.8. The van der Waals surface area contributed by atoms with Crippen molar-refractivity contribution in [2.45, 2.75) is 32.1 Å². The second-order valence-corrected chi connectivity index (χ2v) is 4.97. The lowest BCUT2D eigenvalue weighted by molar-refractivity contribution is -0.130. The molecule has 1 unspecified atom stereocenters. The van der Waals surface area contributed by atoms with Crippen molar-refractivity contribution >= 4 is 5.91 Å². The highest BCUT2D eigenvalue weighted by Gasteiger charge is 2.31. The minimum absolute atomic E-state index is 0.327. The first-order valence-corrected chi connectivity index (χ1v) is 6.34. The van der Waals surface area contributed by atoms with Gasteiger partial charge in [-0.1, -0.05) is 24.3 Å². The van der Waals surface area contributed by atoms with Crippen LogP contribution in [0.3, 0.4) is 0 Å². The van der Waals surface area contributed by atoms with Crippen LogP contribution >= 0.6 is 0 Å². The summed E-state index contributed by atoms with van der Waals surface area (Å²) in [5, 5.41) is 0. The van der Waals surface area contributed by atoms with Crippen LogP contribution in [0.2, 0.25) is 0 Å². The van der Waals surface area contributed by atoms with E-state index in [2.05, 4.69) is 24.3 Å². The average Bonchev–Trinajstić information content (AvgIpc) is 3.13. The zero-order valence-electron chi connectivity index (χ0n) is 10.1. The lowest BCUT2D eigenvalue weighted by Gasteiger charge is -2.16. The fourth-order valence-corrected chi connectivity index (χ4v) is 2.14. The summed E-state index contributed by atoms with van der Waals surface area (Å²) in [4.78, 5) is 13.5. The molecule has 0 aromatic heterocycles. The van der Waals surface area contributed by atoms with Gasteiger partial charge in [0, 0.05) is 19.5 Å².